The lowest BCUT2D eigenvalue weighted by molar-refractivity contribution is 0.223. The number of rotatable bonds is 7. The summed E-state index contributed by atoms with van der Waals surface area (Å²) in [5.74, 6) is 0. The lowest BCUT2D eigenvalue weighted by Crippen LogP contribution is -2.31. The molecule has 3 aromatic rings. The molecule has 9 heteroatoms. The van der Waals surface area contributed by atoms with Crippen LogP contribution in [0, 0.1) is 0 Å². The van der Waals surface area contributed by atoms with Gasteiger partial charge < -0.3 is 9.47 Å². The minimum atomic E-state index is -3.72. The smallest absolute Gasteiger partial charge is 0.271 e. The molecule has 1 aliphatic rings. The summed E-state index contributed by atoms with van der Waals surface area (Å²) in [7, 11) is -3.72. The predicted molar refractivity (Wildman–Crippen MR) is 122 cm³/mol. The molecule has 4 rings (SSSR count). The normalized spacial score (nSPS) is 15.8. The summed E-state index contributed by atoms with van der Waals surface area (Å²) in [6, 6.07) is 8.99. The number of sulfonamides is 1. The zero-order valence-electron chi connectivity index (χ0n) is 15.9. The topological polar surface area (TPSA) is 54.3 Å². The molecule has 5 nitrogen and oxygen atoms in total. The second kappa shape index (κ2) is 8.86. The van der Waals surface area contributed by atoms with E-state index in [0.29, 0.717) is 5.69 Å². The van der Waals surface area contributed by atoms with Gasteiger partial charge in [0.2, 0.25) is 0 Å². The molecular formula is C20H23Cl2N3O2S2. The van der Waals surface area contributed by atoms with Crippen LogP contribution in [-0.2, 0) is 16.6 Å². The van der Waals surface area contributed by atoms with Gasteiger partial charge in [-0.25, -0.2) is 8.42 Å². The van der Waals surface area contributed by atoms with Crippen molar-refractivity contribution in [1.29, 1.82) is 0 Å². The first-order valence-electron chi connectivity index (χ1n) is 9.71. The van der Waals surface area contributed by atoms with Crippen LogP contribution in [-0.4, -0.2) is 37.5 Å². The number of fused-ring (bicyclic) bond motifs is 1. The number of hydrogen-bond acceptors (Lipinski definition) is 4. The van der Waals surface area contributed by atoms with Crippen molar-refractivity contribution in [3.63, 3.8) is 0 Å². The van der Waals surface area contributed by atoms with Crippen LogP contribution in [0.15, 0.2) is 40.7 Å². The summed E-state index contributed by atoms with van der Waals surface area (Å²) in [4.78, 5) is 2.55. The number of halogens is 2. The lowest BCUT2D eigenvalue weighted by Gasteiger charge is -2.26. The average Bonchev–Trinajstić information content (AvgIpc) is 3.26. The minimum absolute atomic E-state index is 0.0999. The van der Waals surface area contributed by atoms with Gasteiger partial charge in [-0.1, -0.05) is 29.6 Å². The van der Waals surface area contributed by atoms with Gasteiger partial charge in [0.1, 0.15) is 8.55 Å². The van der Waals surface area contributed by atoms with Gasteiger partial charge in [0, 0.05) is 29.3 Å². The van der Waals surface area contributed by atoms with E-state index in [-0.39, 0.29) is 13.6 Å². The van der Waals surface area contributed by atoms with E-state index in [4.69, 9.17) is 23.2 Å². The summed E-state index contributed by atoms with van der Waals surface area (Å²) in [6.07, 6.45) is 7.16. The van der Waals surface area contributed by atoms with Crippen LogP contribution < -0.4 is 4.72 Å². The number of thiophene rings is 1. The fraction of sp³-hybridized carbons (Fsp3) is 0.400. The number of aryl methyl sites for hydroxylation is 1. The number of nitrogens with zero attached hydrogens (tertiary/aromatic N) is 2. The first-order valence-corrected chi connectivity index (χ1v) is 12.8. The van der Waals surface area contributed by atoms with Crippen molar-refractivity contribution in [2.24, 2.45) is 0 Å². The Labute approximate surface area is 185 Å². The molecule has 1 aliphatic heterocycles. The van der Waals surface area contributed by atoms with E-state index in [0.717, 1.165) is 41.8 Å². The molecule has 0 atom stereocenters. The van der Waals surface area contributed by atoms with E-state index in [1.807, 2.05) is 18.2 Å². The van der Waals surface area contributed by atoms with Gasteiger partial charge >= 0.3 is 0 Å². The molecule has 1 aromatic carbocycles. The molecule has 29 heavy (non-hydrogen) atoms. The van der Waals surface area contributed by atoms with Gasteiger partial charge in [-0.05, 0) is 69.2 Å². The first-order chi connectivity index (χ1) is 13.9. The Bertz CT molecular complexity index is 1080. The van der Waals surface area contributed by atoms with Gasteiger partial charge in [-0.3, -0.25) is 4.72 Å². The zero-order valence-corrected chi connectivity index (χ0v) is 19.0. The second-order valence-corrected chi connectivity index (χ2v) is 11.3. The highest BCUT2D eigenvalue weighted by atomic mass is 35.5. The summed E-state index contributed by atoms with van der Waals surface area (Å²) in [5, 5.41) is 1.25. The molecule has 0 radical (unpaired) electrons. The van der Waals surface area contributed by atoms with Gasteiger partial charge in [0.05, 0.1) is 5.02 Å². The van der Waals surface area contributed by atoms with Crippen LogP contribution in [0.2, 0.25) is 9.36 Å². The van der Waals surface area contributed by atoms with E-state index in [9.17, 15) is 8.42 Å². The summed E-state index contributed by atoms with van der Waals surface area (Å²) in [5.41, 5.74) is 1.62. The quantitative estimate of drug-likeness (QED) is 0.481. The molecule has 3 heterocycles. The molecular weight excluding hydrogens is 449 g/mol. The number of likely N-dealkylation sites (tertiary alicyclic amines) is 1. The largest absolute Gasteiger partial charge is 0.347 e. The monoisotopic (exact) mass is 471 g/mol. The number of piperidine rings is 1. The summed E-state index contributed by atoms with van der Waals surface area (Å²) in [6.45, 7) is 4.52. The van der Waals surface area contributed by atoms with Crippen LogP contribution in [0.3, 0.4) is 0 Å². The molecule has 1 saturated heterocycles. The molecule has 0 aliphatic carbocycles. The van der Waals surface area contributed by atoms with Gasteiger partial charge in [0.25, 0.3) is 10.0 Å². The van der Waals surface area contributed by atoms with Crippen LogP contribution in [0.5, 0.6) is 0 Å². The van der Waals surface area contributed by atoms with Crippen LogP contribution in [0.25, 0.3) is 10.9 Å². The van der Waals surface area contributed by atoms with E-state index < -0.39 is 10.0 Å². The molecule has 1 fully saturated rings. The molecule has 0 bridgehead atoms. The van der Waals surface area contributed by atoms with E-state index >= 15 is 0 Å². The first kappa shape index (κ1) is 21.0. The van der Waals surface area contributed by atoms with Crippen molar-refractivity contribution >= 4 is 61.2 Å². The Balaban J connectivity index is 1.43. The van der Waals surface area contributed by atoms with E-state index in [1.165, 1.54) is 38.4 Å². The maximum atomic E-state index is 12.6. The fourth-order valence-electron chi connectivity index (χ4n) is 3.77. The summed E-state index contributed by atoms with van der Waals surface area (Å²) < 4.78 is 30.4. The third kappa shape index (κ3) is 4.91. The molecule has 0 spiro atoms. The van der Waals surface area contributed by atoms with Crippen molar-refractivity contribution in [2.75, 3.05) is 24.4 Å². The van der Waals surface area contributed by atoms with Crippen molar-refractivity contribution in [3.05, 3.63) is 45.9 Å². The van der Waals surface area contributed by atoms with Crippen LogP contribution >= 0.6 is 34.5 Å². The molecule has 1 N–H and O–H groups in total. The Hall–Kier alpha value is -1.25. The van der Waals surface area contributed by atoms with Crippen LogP contribution in [0.1, 0.15) is 25.7 Å². The molecule has 156 valence electrons. The number of anilines is 1. The Morgan fingerprint density at radius 2 is 1.83 bits per heavy atom. The number of aromatic nitrogens is 1. The maximum absolute atomic E-state index is 12.6. The number of benzene rings is 1. The third-order valence-electron chi connectivity index (χ3n) is 5.23. The number of hydrogen-bond donors (Lipinski definition) is 1. The number of nitrogens with one attached hydrogen (secondary N) is 1. The SMILES string of the molecule is O=S(=O)(Nc1ccc2c(ccn2CCCN2CCCCC2)c1)c1cc(Cl)c(Cl)s1. The van der Waals surface area contributed by atoms with Gasteiger partial charge in [-0.15, -0.1) is 11.3 Å². The minimum Gasteiger partial charge on any atom is -0.347 e. The average molecular weight is 472 g/mol. The van der Waals surface area contributed by atoms with Crippen molar-refractivity contribution in [2.45, 2.75) is 36.4 Å². The second-order valence-electron chi connectivity index (χ2n) is 7.33. The lowest BCUT2D eigenvalue weighted by atomic mass is 10.1. The zero-order chi connectivity index (χ0) is 20.4. The third-order valence-corrected chi connectivity index (χ3v) is 8.95. The van der Waals surface area contributed by atoms with E-state index in [1.54, 1.807) is 6.07 Å². The molecule has 0 amide bonds. The highest BCUT2D eigenvalue weighted by Crippen LogP contribution is 2.35. The highest BCUT2D eigenvalue weighted by Gasteiger charge is 2.19. The van der Waals surface area contributed by atoms with Crippen molar-refractivity contribution in [3.8, 4) is 0 Å². The fourth-order valence-corrected chi connectivity index (χ4v) is 6.70. The standard InChI is InChI=1S/C20H23Cl2N3O2S2/c21-17-14-19(28-20(17)22)29(26,27)23-16-5-6-18-15(13-16)7-12-25(18)11-4-10-24-8-2-1-3-9-24/h5-7,12-14,23H,1-4,8-11H2. The Kier molecular flexibility index (Phi) is 6.41. The highest BCUT2D eigenvalue weighted by molar-refractivity contribution is 7.94. The summed E-state index contributed by atoms with van der Waals surface area (Å²) >= 11 is 12.7. The van der Waals surface area contributed by atoms with Crippen molar-refractivity contribution < 1.29 is 8.42 Å². The maximum Gasteiger partial charge on any atom is 0.271 e. The van der Waals surface area contributed by atoms with Gasteiger partial charge in [0.15, 0.2) is 0 Å². The van der Waals surface area contributed by atoms with Gasteiger partial charge in [-0.2, -0.15) is 0 Å². The molecule has 0 unspecified atom stereocenters. The Morgan fingerprint density at radius 3 is 2.55 bits per heavy atom. The predicted octanol–water partition coefficient (Wildman–Crippen LogP) is 5.69. The Morgan fingerprint density at radius 1 is 1.03 bits per heavy atom. The van der Waals surface area contributed by atoms with Crippen molar-refractivity contribution in [1.82, 2.24) is 9.47 Å². The molecule has 0 saturated carbocycles. The van der Waals surface area contributed by atoms with E-state index in [2.05, 4.69) is 20.4 Å². The van der Waals surface area contributed by atoms with Crippen LogP contribution in [0.4, 0.5) is 5.69 Å². The molecule has 2 aromatic heterocycles.